The number of benzene rings is 5. The molecule has 0 saturated carbocycles. The van der Waals surface area contributed by atoms with E-state index in [1.165, 1.54) is 18.4 Å². The van der Waals surface area contributed by atoms with Gasteiger partial charge in [0.25, 0.3) is 5.91 Å². The number of carboxylic acid groups (broad SMARTS) is 1. The minimum absolute atomic E-state index is 0.0939. The zero-order chi connectivity index (χ0) is 45.3. The molecule has 13 heteroatoms. The van der Waals surface area contributed by atoms with E-state index in [2.05, 4.69) is 5.32 Å². The molecule has 0 radical (unpaired) electrons. The van der Waals surface area contributed by atoms with Crippen LogP contribution >= 0.6 is 0 Å². The van der Waals surface area contributed by atoms with E-state index in [0.717, 1.165) is 28.0 Å². The first-order valence-corrected chi connectivity index (χ1v) is 22.3. The third kappa shape index (κ3) is 11.4. The molecular weight excluding hydrogens is 824 g/mol. The highest BCUT2D eigenvalue weighted by Crippen LogP contribution is 2.43. The van der Waals surface area contributed by atoms with Crippen LogP contribution in [0.2, 0.25) is 0 Å². The molecule has 6 aromatic rings. The topological polar surface area (TPSA) is 172 Å². The molecule has 1 amide bonds. The maximum absolute atomic E-state index is 14.0. The maximum Gasteiger partial charge on any atom is 0.339 e. The number of rotatable bonds is 15. The lowest BCUT2D eigenvalue weighted by atomic mass is 9.94. The normalized spacial score (nSPS) is 13.5. The lowest BCUT2D eigenvalue weighted by Gasteiger charge is -2.20. The number of para-hydroxylation sites is 1. The first kappa shape index (κ1) is 45.8. The van der Waals surface area contributed by atoms with Crippen molar-refractivity contribution >= 4 is 44.5 Å². The number of carbonyl (C=O) groups excluding carboxylic acids is 2. The van der Waals surface area contributed by atoms with Crippen molar-refractivity contribution in [1.82, 2.24) is 4.57 Å². The summed E-state index contributed by atoms with van der Waals surface area (Å²) in [7, 11) is -3.23. The average Bonchev–Trinajstić information content (AvgIpc) is 3.82. The highest BCUT2D eigenvalue weighted by atomic mass is 32.2. The quantitative estimate of drug-likeness (QED) is 0.0736. The van der Waals surface area contributed by atoms with Gasteiger partial charge in [0, 0.05) is 35.3 Å². The fraction of sp³-hybridized carbons (Fsp3) is 0.220. The largest absolute Gasteiger partial charge is 0.481 e. The van der Waals surface area contributed by atoms with Crippen LogP contribution in [0.4, 0.5) is 10.1 Å². The number of aromatic nitrogens is 1. The Balaban J connectivity index is 0.000000251. The first-order valence-electron chi connectivity index (χ1n) is 20.4. The summed E-state index contributed by atoms with van der Waals surface area (Å²) in [5, 5.41) is 32.8. The summed E-state index contributed by atoms with van der Waals surface area (Å²) in [6.07, 6.45) is -1.34. The molecule has 1 aliphatic rings. The number of aliphatic hydroxyl groups excluding tert-OH is 2. The second kappa shape index (κ2) is 20.5. The van der Waals surface area contributed by atoms with Gasteiger partial charge in [-0.1, -0.05) is 105 Å². The number of nitrogens with zero attached hydrogens (tertiary/aromatic N) is 1. The minimum atomic E-state index is -3.23. The second-order valence-electron chi connectivity index (χ2n) is 15.5. The fourth-order valence-electron chi connectivity index (χ4n) is 7.64. The van der Waals surface area contributed by atoms with Crippen molar-refractivity contribution in [3.05, 3.63) is 168 Å². The Morgan fingerprint density at radius 2 is 1.32 bits per heavy atom. The number of carboxylic acids is 1. The number of aliphatic carboxylic acids is 1. The zero-order valence-corrected chi connectivity index (χ0v) is 35.9. The number of esters is 1. The molecule has 7 rings (SSSR count). The Morgan fingerprint density at radius 3 is 1.87 bits per heavy atom. The molecule has 5 aromatic carbocycles. The first-order chi connectivity index (χ1) is 30.1. The van der Waals surface area contributed by atoms with Gasteiger partial charge < -0.3 is 29.9 Å². The fourth-order valence-corrected chi connectivity index (χ4v) is 8.27. The molecule has 11 nitrogen and oxygen atoms in total. The Bertz CT molecular complexity index is 2680. The summed E-state index contributed by atoms with van der Waals surface area (Å²) in [6.45, 7) is 4.45. The van der Waals surface area contributed by atoms with Gasteiger partial charge in [-0.05, 0) is 89.5 Å². The van der Waals surface area contributed by atoms with Crippen molar-refractivity contribution in [1.29, 1.82) is 0 Å². The van der Waals surface area contributed by atoms with Crippen LogP contribution in [0.1, 0.15) is 66.2 Å². The smallest absolute Gasteiger partial charge is 0.339 e. The molecule has 63 heavy (non-hydrogen) atoms. The van der Waals surface area contributed by atoms with Crippen molar-refractivity contribution < 1.29 is 47.2 Å². The van der Waals surface area contributed by atoms with E-state index < -0.39 is 34.4 Å². The zero-order valence-electron chi connectivity index (χ0n) is 35.1. The standard InChI is InChI=1S/C33H35FN2O5.C17H14O4S/c1-21(2)31-30(33(41)35-25-11-7-4-8-12-25)29(22-9-5-3-6-10-22)32(23-13-15-24(34)16-14-23)36(31)18-17-26(37)19-27(38)20-28(39)40;1-22(19,20)14-9-7-12(8-10-14)15-11-21-17(18)16(15)13-5-3-2-4-6-13/h3-16,21,26-27,37-38H,17-20H2,1-2H3,(H,35,41)(H,39,40);2-10H,11H2,1H3/t26-,27-;/m1./s1. The highest BCUT2D eigenvalue weighted by Gasteiger charge is 2.31. The maximum atomic E-state index is 14.0. The summed E-state index contributed by atoms with van der Waals surface area (Å²) >= 11 is 0. The van der Waals surface area contributed by atoms with Crippen molar-refractivity contribution in [2.75, 3.05) is 18.2 Å². The minimum Gasteiger partial charge on any atom is -0.481 e. The predicted molar refractivity (Wildman–Crippen MR) is 241 cm³/mol. The van der Waals surface area contributed by atoms with Crippen molar-refractivity contribution in [3.63, 3.8) is 0 Å². The monoisotopic (exact) mass is 872 g/mol. The van der Waals surface area contributed by atoms with Crippen molar-refractivity contribution in [2.24, 2.45) is 0 Å². The van der Waals surface area contributed by atoms with Gasteiger partial charge in [-0.15, -0.1) is 0 Å². The number of amides is 1. The lowest BCUT2D eigenvalue weighted by molar-refractivity contribution is -0.139. The van der Waals surface area contributed by atoms with E-state index in [9.17, 15) is 37.4 Å². The molecule has 1 aromatic heterocycles. The van der Waals surface area contributed by atoms with Crippen LogP contribution in [0.25, 0.3) is 33.5 Å². The Kier molecular flexibility index (Phi) is 14.9. The predicted octanol–water partition coefficient (Wildman–Crippen LogP) is 8.87. The SMILES string of the molecule is CC(C)c1c(C(=O)Nc2ccccc2)c(-c2ccccc2)c(-c2ccc(F)cc2)n1CC[C@@H](O)C[C@@H](O)CC(=O)O.CS(=O)(=O)c1ccc(C2=C(c3ccccc3)C(=O)OC2)cc1. The van der Waals surface area contributed by atoms with Gasteiger partial charge in [-0.2, -0.15) is 0 Å². The van der Waals surface area contributed by atoms with Gasteiger partial charge in [-0.25, -0.2) is 17.6 Å². The molecule has 326 valence electrons. The number of cyclic esters (lactones) is 1. The number of nitrogens with one attached hydrogen (secondary N) is 1. The number of hydrogen-bond acceptors (Lipinski definition) is 8. The summed E-state index contributed by atoms with van der Waals surface area (Å²) in [4.78, 5) is 37.3. The third-order valence-corrected chi connectivity index (χ3v) is 11.6. The van der Waals surface area contributed by atoms with Gasteiger partial charge in [0.15, 0.2) is 9.84 Å². The molecule has 4 N–H and O–H groups in total. The van der Waals surface area contributed by atoms with Crippen molar-refractivity contribution in [3.8, 4) is 22.4 Å². The highest BCUT2D eigenvalue weighted by molar-refractivity contribution is 7.90. The summed E-state index contributed by atoms with van der Waals surface area (Å²) in [5.74, 6) is -2.29. The summed E-state index contributed by atoms with van der Waals surface area (Å²) in [6, 6.07) is 40.6. The number of ether oxygens (including phenoxy) is 1. The molecule has 1 aliphatic heterocycles. The number of sulfone groups is 1. The molecule has 0 unspecified atom stereocenters. The third-order valence-electron chi connectivity index (χ3n) is 10.5. The molecule has 0 spiro atoms. The lowest BCUT2D eigenvalue weighted by Crippen LogP contribution is -2.22. The number of carbonyl (C=O) groups is 3. The molecule has 0 fully saturated rings. The van der Waals surface area contributed by atoms with Gasteiger partial charge in [0.1, 0.15) is 12.4 Å². The molecule has 0 bridgehead atoms. The Labute approximate surface area is 366 Å². The van der Waals surface area contributed by atoms with Gasteiger partial charge in [-0.3, -0.25) is 9.59 Å². The Hall–Kier alpha value is -6.67. The van der Waals surface area contributed by atoms with Crippen LogP contribution in [-0.2, 0) is 30.7 Å². The van der Waals surface area contributed by atoms with Gasteiger partial charge in [0.05, 0.1) is 40.4 Å². The van der Waals surface area contributed by atoms with Crippen LogP contribution in [0.15, 0.2) is 144 Å². The van der Waals surface area contributed by atoms with Crippen LogP contribution in [-0.4, -0.2) is 71.2 Å². The van der Waals surface area contributed by atoms with Crippen molar-refractivity contribution in [2.45, 2.75) is 62.7 Å². The molecular formula is C50H49FN2O9S. The second-order valence-corrected chi connectivity index (χ2v) is 17.5. The molecule has 0 aliphatic carbocycles. The van der Waals surface area contributed by atoms with E-state index in [0.29, 0.717) is 33.6 Å². The summed E-state index contributed by atoms with van der Waals surface area (Å²) < 4.78 is 44.2. The van der Waals surface area contributed by atoms with Gasteiger partial charge in [0.2, 0.25) is 0 Å². The Morgan fingerprint density at radius 1 is 0.762 bits per heavy atom. The van der Waals surface area contributed by atoms with E-state index in [4.69, 9.17) is 9.84 Å². The number of hydrogen-bond donors (Lipinski definition) is 4. The van der Waals surface area contributed by atoms with Crippen LogP contribution in [0.5, 0.6) is 0 Å². The van der Waals surface area contributed by atoms with Crippen LogP contribution in [0, 0.1) is 5.82 Å². The molecule has 2 atom stereocenters. The van der Waals surface area contributed by atoms with E-state index >= 15 is 0 Å². The van der Waals surface area contributed by atoms with Gasteiger partial charge >= 0.3 is 11.9 Å². The number of aliphatic hydroxyl groups is 2. The number of halogens is 1. The molecule has 0 saturated heterocycles. The van der Waals surface area contributed by atoms with Crippen LogP contribution < -0.4 is 5.32 Å². The van der Waals surface area contributed by atoms with E-state index in [-0.39, 0.29) is 54.5 Å². The average molecular weight is 873 g/mol. The van der Waals surface area contributed by atoms with Crippen LogP contribution in [0.3, 0.4) is 0 Å². The van der Waals surface area contributed by atoms with E-state index in [1.807, 2.05) is 109 Å². The van der Waals surface area contributed by atoms with E-state index in [1.54, 1.807) is 36.4 Å². The number of anilines is 1. The molecule has 2 heterocycles. The summed E-state index contributed by atoms with van der Waals surface area (Å²) in [5.41, 5.74) is 7.67.